The van der Waals surface area contributed by atoms with E-state index in [0.29, 0.717) is 36.2 Å². The summed E-state index contributed by atoms with van der Waals surface area (Å²) in [5.41, 5.74) is 3.15. The minimum Gasteiger partial charge on any atom is -0.497 e. The Morgan fingerprint density at radius 2 is 1.92 bits per heavy atom. The molecule has 1 atom stereocenters. The summed E-state index contributed by atoms with van der Waals surface area (Å²) in [5, 5.41) is 8.42. The number of fused-ring (bicyclic) bond motifs is 1. The number of methoxy groups -OCH3 is 2. The maximum Gasteiger partial charge on any atom is 0.240 e. The second-order valence-electron chi connectivity index (χ2n) is 10.4. The van der Waals surface area contributed by atoms with Gasteiger partial charge in [0.2, 0.25) is 11.8 Å². The standard InChI is InChI=1S/C29H35ClN4O4S/c1-29(2,3)27-25-26(19-8-6-9-20(30)16-19)39-18-24(36)33(17-23(35)31-14-7-15-37-4)28(25)34(32-27)21-10-12-22(38-5)13-11-21/h6,8-13,16,26H,7,14-15,17-18H2,1-5H3,(H,31,35)/t26-/m1/s1. The molecule has 39 heavy (non-hydrogen) atoms. The molecule has 0 bridgehead atoms. The van der Waals surface area contributed by atoms with Crippen LogP contribution in [-0.2, 0) is 19.7 Å². The molecule has 0 saturated heterocycles. The predicted octanol–water partition coefficient (Wildman–Crippen LogP) is 5.15. The molecule has 0 saturated carbocycles. The number of nitrogens with one attached hydrogen (secondary N) is 1. The van der Waals surface area contributed by atoms with Crippen LogP contribution in [0, 0.1) is 0 Å². The average Bonchev–Trinajstić information content (AvgIpc) is 3.24. The van der Waals surface area contributed by atoms with Crippen molar-refractivity contribution in [3.8, 4) is 11.4 Å². The Morgan fingerprint density at radius 1 is 1.18 bits per heavy atom. The van der Waals surface area contributed by atoms with Crippen molar-refractivity contribution in [2.24, 2.45) is 0 Å². The number of thioether (sulfide) groups is 1. The first kappa shape index (κ1) is 29.0. The summed E-state index contributed by atoms with van der Waals surface area (Å²) in [6.07, 6.45) is 0.687. The van der Waals surface area contributed by atoms with Crippen molar-refractivity contribution in [2.75, 3.05) is 44.6 Å². The summed E-state index contributed by atoms with van der Waals surface area (Å²) in [6, 6.07) is 15.2. The number of nitrogens with zero attached hydrogens (tertiary/aromatic N) is 3. The number of hydrogen-bond acceptors (Lipinski definition) is 6. The molecule has 3 aromatic rings. The molecule has 8 nitrogen and oxygen atoms in total. The maximum absolute atomic E-state index is 13.7. The number of benzene rings is 2. The van der Waals surface area contributed by atoms with Crippen molar-refractivity contribution in [1.82, 2.24) is 15.1 Å². The molecule has 2 aromatic carbocycles. The average molecular weight is 571 g/mol. The van der Waals surface area contributed by atoms with Crippen LogP contribution in [0.4, 0.5) is 5.82 Å². The minimum absolute atomic E-state index is 0.118. The maximum atomic E-state index is 13.7. The molecule has 2 amide bonds. The molecule has 1 aliphatic heterocycles. The van der Waals surface area contributed by atoms with Crippen molar-refractivity contribution < 1.29 is 19.1 Å². The number of carbonyl (C=O) groups is 2. The number of aromatic nitrogens is 2. The molecule has 10 heteroatoms. The van der Waals surface area contributed by atoms with E-state index in [1.807, 2.05) is 48.5 Å². The largest absolute Gasteiger partial charge is 0.497 e. The Balaban J connectivity index is 1.90. The normalized spacial score (nSPS) is 15.6. The summed E-state index contributed by atoms with van der Waals surface area (Å²) in [4.78, 5) is 28.3. The fourth-order valence-corrected chi connectivity index (χ4v) is 5.94. The zero-order valence-corrected chi connectivity index (χ0v) is 24.6. The van der Waals surface area contributed by atoms with Crippen LogP contribution >= 0.6 is 23.4 Å². The number of amides is 2. The highest BCUT2D eigenvalue weighted by atomic mass is 35.5. The molecule has 1 aliphatic rings. The van der Waals surface area contributed by atoms with Crippen LogP contribution in [0.25, 0.3) is 5.69 Å². The van der Waals surface area contributed by atoms with E-state index in [2.05, 4.69) is 26.1 Å². The Labute approximate surface area is 239 Å². The number of halogens is 1. The first-order chi connectivity index (χ1) is 18.6. The van der Waals surface area contributed by atoms with Crippen molar-refractivity contribution in [3.63, 3.8) is 0 Å². The third-order valence-corrected chi connectivity index (χ3v) is 7.91. The van der Waals surface area contributed by atoms with E-state index in [1.165, 1.54) is 11.8 Å². The first-order valence-corrected chi connectivity index (χ1v) is 14.3. The molecule has 0 radical (unpaired) electrons. The Hall–Kier alpha value is -3.01. The van der Waals surface area contributed by atoms with Gasteiger partial charge in [-0.1, -0.05) is 44.5 Å². The molecule has 0 fully saturated rings. The topological polar surface area (TPSA) is 85.7 Å². The monoisotopic (exact) mass is 570 g/mol. The number of ether oxygens (including phenoxy) is 2. The molecule has 2 heterocycles. The zero-order chi connectivity index (χ0) is 28.2. The van der Waals surface area contributed by atoms with Crippen molar-refractivity contribution in [1.29, 1.82) is 0 Å². The van der Waals surface area contributed by atoms with Crippen LogP contribution in [0.3, 0.4) is 0 Å². The number of hydrogen-bond donors (Lipinski definition) is 1. The lowest BCUT2D eigenvalue weighted by Crippen LogP contribution is -2.42. The quantitative estimate of drug-likeness (QED) is 0.358. The van der Waals surface area contributed by atoms with E-state index in [-0.39, 0.29) is 34.8 Å². The van der Waals surface area contributed by atoms with Gasteiger partial charge in [-0.25, -0.2) is 4.68 Å². The van der Waals surface area contributed by atoms with Gasteiger partial charge in [0.1, 0.15) is 18.1 Å². The van der Waals surface area contributed by atoms with Crippen LogP contribution in [0.2, 0.25) is 5.02 Å². The van der Waals surface area contributed by atoms with Crippen molar-refractivity contribution in [2.45, 2.75) is 37.9 Å². The molecule has 1 N–H and O–H groups in total. The lowest BCUT2D eigenvalue weighted by atomic mass is 9.87. The SMILES string of the molecule is COCCCNC(=O)CN1C(=O)CS[C@H](c2cccc(Cl)c2)c2c(C(C)(C)C)nn(-c3ccc(OC)cc3)c21. The summed E-state index contributed by atoms with van der Waals surface area (Å²) >= 11 is 7.93. The van der Waals surface area contributed by atoms with Crippen LogP contribution < -0.4 is 15.0 Å². The van der Waals surface area contributed by atoms with Gasteiger partial charge in [0.25, 0.3) is 0 Å². The van der Waals surface area contributed by atoms with E-state index < -0.39 is 0 Å². The molecule has 208 valence electrons. The smallest absolute Gasteiger partial charge is 0.240 e. The van der Waals surface area contributed by atoms with Gasteiger partial charge in [0.15, 0.2) is 0 Å². The van der Waals surface area contributed by atoms with Crippen LogP contribution in [-0.4, -0.2) is 61.3 Å². The minimum atomic E-state index is -0.347. The summed E-state index contributed by atoms with van der Waals surface area (Å²) in [7, 11) is 3.24. The molecular weight excluding hydrogens is 536 g/mol. The molecule has 0 unspecified atom stereocenters. The van der Waals surface area contributed by atoms with Crippen LogP contribution in [0.15, 0.2) is 48.5 Å². The first-order valence-electron chi connectivity index (χ1n) is 12.8. The summed E-state index contributed by atoms with van der Waals surface area (Å²) in [5.74, 6) is 1.11. The van der Waals surface area contributed by atoms with Gasteiger partial charge in [-0.15, -0.1) is 11.8 Å². The molecule has 4 rings (SSSR count). The van der Waals surface area contributed by atoms with Gasteiger partial charge in [-0.2, -0.15) is 5.10 Å². The van der Waals surface area contributed by atoms with E-state index >= 15 is 0 Å². The fraction of sp³-hybridized carbons (Fsp3) is 0.414. The highest BCUT2D eigenvalue weighted by molar-refractivity contribution is 8.00. The molecular formula is C29H35ClN4O4S. The van der Waals surface area contributed by atoms with Gasteiger partial charge in [0, 0.05) is 36.3 Å². The fourth-order valence-electron chi connectivity index (χ4n) is 4.55. The highest BCUT2D eigenvalue weighted by Gasteiger charge is 2.40. The highest BCUT2D eigenvalue weighted by Crippen LogP contribution is 2.48. The van der Waals surface area contributed by atoms with E-state index in [4.69, 9.17) is 26.2 Å². The number of carbonyl (C=O) groups excluding carboxylic acids is 2. The van der Waals surface area contributed by atoms with Crippen LogP contribution in [0.5, 0.6) is 5.75 Å². The lowest BCUT2D eigenvalue weighted by Gasteiger charge is -2.24. The van der Waals surface area contributed by atoms with Gasteiger partial charge >= 0.3 is 0 Å². The van der Waals surface area contributed by atoms with E-state index in [1.54, 1.807) is 23.8 Å². The Kier molecular flexibility index (Phi) is 9.25. The van der Waals surface area contributed by atoms with Gasteiger partial charge < -0.3 is 14.8 Å². The second-order valence-corrected chi connectivity index (χ2v) is 11.9. The van der Waals surface area contributed by atoms with Crippen LogP contribution in [0.1, 0.15) is 49.3 Å². The van der Waals surface area contributed by atoms with Crippen molar-refractivity contribution in [3.05, 3.63) is 70.4 Å². The van der Waals surface area contributed by atoms with E-state index in [9.17, 15) is 9.59 Å². The van der Waals surface area contributed by atoms with E-state index in [0.717, 1.165) is 22.5 Å². The predicted molar refractivity (Wildman–Crippen MR) is 156 cm³/mol. The third kappa shape index (κ3) is 6.59. The second kappa shape index (κ2) is 12.4. The van der Waals surface area contributed by atoms with Gasteiger partial charge in [-0.3, -0.25) is 14.5 Å². The third-order valence-electron chi connectivity index (χ3n) is 6.42. The summed E-state index contributed by atoms with van der Waals surface area (Å²) in [6.45, 7) is 7.21. The molecule has 0 spiro atoms. The van der Waals surface area contributed by atoms with Crippen molar-refractivity contribution >= 4 is 41.0 Å². The Morgan fingerprint density at radius 3 is 2.56 bits per heavy atom. The van der Waals surface area contributed by atoms with Gasteiger partial charge in [-0.05, 0) is 48.4 Å². The number of rotatable bonds is 9. The molecule has 0 aliphatic carbocycles. The Bertz CT molecular complexity index is 1320. The zero-order valence-electron chi connectivity index (χ0n) is 23.0. The summed E-state index contributed by atoms with van der Waals surface area (Å²) < 4.78 is 12.2. The number of anilines is 1. The lowest BCUT2D eigenvalue weighted by molar-refractivity contribution is -0.122. The van der Waals surface area contributed by atoms with Gasteiger partial charge in [0.05, 0.1) is 29.5 Å². The molecule has 1 aromatic heterocycles.